The maximum atomic E-state index is 5.48. The summed E-state index contributed by atoms with van der Waals surface area (Å²) >= 11 is 5.48. The lowest BCUT2D eigenvalue weighted by Gasteiger charge is -1.93. The predicted molar refractivity (Wildman–Crippen MR) is 47.3 cm³/mol. The number of rotatable bonds is 1. The summed E-state index contributed by atoms with van der Waals surface area (Å²) in [4.78, 5) is 7.96. The summed E-state index contributed by atoms with van der Waals surface area (Å²) in [6.45, 7) is 1.91. The SMILES string of the molecule is Cc1ccc(-c2noc(Cl)n2)cn1. The molecule has 0 unspecified atom stereocenters. The van der Waals surface area contributed by atoms with Crippen LogP contribution >= 0.6 is 11.6 Å². The Morgan fingerprint density at radius 2 is 2.23 bits per heavy atom. The van der Waals surface area contributed by atoms with Crippen LogP contribution in [-0.4, -0.2) is 15.1 Å². The molecule has 0 saturated carbocycles. The minimum atomic E-state index is 0.0376. The molecule has 4 nitrogen and oxygen atoms in total. The average molecular weight is 196 g/mol. The Morgan fingerprint density at radius 1 is 1.38 bits per heavy atom. The second kappa shape index (κ2) is 3.14. The predicted octanol–water partition coefficient (Wildman–Crippen LogP) is 2.09. The molecule has 0 aromatic carbocycles. The van der Waals surface area contributed by atoms with Crippen LogP contribution in [0.3, 0.4) is 0 Å². The molecule has 0 fully saturated rings. The lowest BCUT2D eigenvalue weighted by molar-refractivity contribution is 0.421. The summed E-state index contributed by atoms with van der Waals surface area (Å²) in [6, 6.07) is 3.74. The molecule has 2 aromatic heterocycles. The van der Waals surface area contributed by atoms with E-state index >= 15 is 0 Å². The molecular formula is C8H6ClN3O. The highest BCUT2D eigenvalue weighted by molar-refractivity contribution is 6.27. The van der Waals surface area contributed by atoms with Gasteiger partial charge >= 0.3 is 5.35 Å². The van der Waals surface area contributed by atoms with Crippen molar-refractivity contribution in [3.63, 3.8) is 0 Å². The normalized spacial score (nSPS) is 10.3. The van der Waals surface area contributed by atoms with Crippen LogP contribution in [0, 0.1) is 6.92 Å². The Morgan fingerprint density at radius 3 is 2.77 bits per heavy atom. The summed E-state index contributed by atoms with van der Waals surface area (Å²) in [5, 5.41) is 3.70. The Kier molecular flexibility index (Phi) is 1.98. The maximum Gasteiger partial charge on any atom is 0.320 e. The molecule has 0 aliphatic carbocycles. The van der Waals surface area contributed by atoms with Crippen molar-refractivity contribution in [2.75, 3.05) is 0 Å². The van der Waals surface area contributed by atoms with Gasteiger partial charge in [-0.2, -0.15) is 4.98 Å². The van der Waals surface area contributed by atoms with Gasteiger partial charge in [-0.05, 0) is 30.7 Å². The van der Waals surface area contributed by atoms with Crippen molar-refractivity contribution in [2.24, 2.45) is 0 Å². The Hall–Kier alpha value is -1.42. The van der Waals surface area contributed by atoms with E-state index in [4.69, 9.17) is 11.6 Å². The fraction of sp³-hybridized carbons (Fsp3) is 0.125. The van der Waals surface area contributed by atoms with Crippen molar-refractivity contribution in [3.8, 4) is 11.4 Å². The van der Waals surface area contributed by atoms with Gasteiger partial charge < -0.3 is 4.52 Å². The van der Waals surface area contributed by atoms with Gasteiger partial charge in [0.05, 0.1) is 0 Å². The van der Waals surface area contributed by atoms with E-state index < -0.39 is 0 Å². The second-order valence-electron chi connectivity index (χ2n) is 2.56. The largest absolute Gasteiger partial charge is 0.321 e. The van der Waals surface area contributed by atoms with Gasteiger partial charge in [-0.1, -0.05) is 5.16 Å². The molecule has 2 heterocycles. The number of halogens is 1. The highest BCUT2D eigenvalue weighted by atomic mass is 35.5. The quantitative estimate of drug-likeness (QED) is 0.699. The van der Waals surface area contributed by atoms with E-state index in [1.807, 2.05) is 19.1 Å². The molecule has 5 heteroatoms. The van der Waals surface area contributed by atoms with Crippen LogP contribution in [0.2, 0.25) is 5.35 Å². The number of pyridine rings is 1. The molecule has 2 aromatic rings. The highest BCUT2D eigenvalue weighted by Gasteiger charge is 2.05. The summed E-state index contributed by atoms with van der Waals surface area (Å²) in [6.07, 6.45) is 1.68. The molecule has 0 saturated heterocycles. The van der Waals surface area contributed by atoms with Crippen LogP contribution in [0.25, 0.3) is 11.4 Å². The number of hydrogen-bond donors (Lipinski definition) is 0. The molecule has 66 valence electrons. The molecule has 0 atom stereocenters. The van der Waals surface area contributed by atoms with E-state index in [9.17, 15) is 0 Å². The van der Waals surface area contributed by atoms with Gasteiger partial charge in [0.25, 0.3) is 0 Å². The van der Waals surface area contributed by atoms with E-state index in [-0.39, 0.29) is 5.35 Å². The van der Waals surface area contributed by atoms with Crippen LogP contribution in [0.5, 0.6) is 0 Å². The third kappa shape index (κ3) is 1.67. The number of hydrogen-bond acceptors (Lipinski definition) is 4. The number of aryl methyl sites for hydroxylation is 1. The molecule has 0 aliphatic rings. The molecular weight excluding hydrogens is 190 g/mol. The van der Waals surface area contributed by atoms with Crippen LogP contribution in [0.4, 0.5) is 0 Å². The Bertz CT molecular complexity index is 410. The third-order valence-corrected chi connectivity index (χ3v) is 1.72. The second-order valence-corrected chi connectivity index (χ2v) is 2.88. The van der Waals surface area contributed by atoms with Gasteiger partial charge in [0.15, 0.2) is 0 Å². The first-order valence-corrected chi connectivity index (χ1v) is 4.06. The van der Waals surface area contributed by atoms with E-state index in [0.29, 0.717) is 5.82 Å². The van der Waals surface area contributed by atoms with Crippen molar-refractivity contribution >= 4 is 11.6 Å². The van der Waals surface area contributed by atoms with E-state index in [0.717, 1.165) is 11.3 Å². The van der Waals surface area contributed by atoms with Crippen molar-refractivity contribution in [1.29, 1.82) is 0 Å². The Balaban J connectivity index is 2.41. The van der Waals surface area contributed by atoms with Gasteiger partial charge in [0, 0.05) is 17.5 Å². The number of nitrogens with zero attached hydrogens (tertiary/aromatic N) is 3. The zero-order valence-corrected chi connectivity index (χ0v) is 7.62. The van der Waals surface area contributed by atoms with E-state index in [1.165, 1.54) is 0 Å². The van der Waals surface area contributed by atoms with Gasteiger partial charge in [0.1, 0.15) is 0 Å². The molecule has 0 amide bonds. The van der Waals surface area contributed by atoms with E-state index in [2.05, 4.69) is 19.6 Å². The summed E-state index contributed by atoms with van der Waals surface area (Å²) in [5.41, 5.74) is 1.74. The average Bonchev–Trinajstić information content (AvgIpc) is 2.53. The maximum absolute atomic E-state index is 5.48. The monoisotopic (exact) mass is 195 g/mol. The first kappa shape index (κ1) is 8.19. The topological polar surface area (TPSA) is 51.8 Å². The van der Waals surface area contributed by atoms with Gasteiger partial charge in [-0.15, -0.1) is 0 Å². The lowest BCUT2D eigenvalue weighted by Crippen LogP contribution is -1.84. The van der Waals surface area contributed by atoms with Gasteiger partial charge in [0.2, 0.25) is 5.82 Å². The zero-order valence-electron chi connectivity index (χ0n) is 6.86. The molecule has 13 heavy (non-hydrogen) atoms. The van der Waals surface area contributed by atoms with Crippen molar-refractivity contribution < 1.29 is 4.52 Å². The fourth-order valence-corrected chi connectivity index (χ4v) is 1.04. The summed E-state index contributed by atoms with van der Waals surface area (Å²) in [7, 11) is 0. The molecule has 0 spiro atoms. The van der Waals surface area contributed by atoms with Crippen LogP contribution < -0.4 is 0 Å². The number of aromatic nitrogens is 3. The standard InChI is InChI=1S/C8H6ClN3O/c1-5-2-3-6(4-10-5)7-11-8(9)13-12-7/h2-4H,1H3. The van der Waals surface area contributed by atoms with Crippen molar-refractivity contribution in [1.82, 2.24) is 15.1 Å². The zero-order chi connectivity index (χ0) is 9.26. The van der Waals surface area contributed by atoms with E-state index in [1.54, 1.807) is 6.20 Å². The summed E-state index contributed by atoms with van der Waals surface area (Å²) < 4.78 is 4.63. The lowest BCUT2D eigenvalue weighted by atomic mass is 10.2. The van der Waals surface area contributed by atoms with Crippen LogP contribution in [-0.2, 0) is 0 Å². The van der Waals surface area contributed by atoms with Crippen LogP contribution in [0.15, 0.2) is 22.9 Å². The van der Waals surface area contributed by atoms with Crippen molar-refractivity contribution in [3.05, 3.63) is 29.4 Å². The third-order valence-electron chi connectivity index (χ3n) is 1.57. The molecule has 0 aliphatic heterocycles. The van der Waals surface area contributed by atoms with Crippen LogP contribution in [0.1, 0.15) is 5.69 Å². The minimum Gasteiger partial charge on any atom is -0.321 e. The van der Waals surface area contributed by atoms with Crippen molar-refractivity contribution in [2.45, 2.75) is 6.92 Å². The minimum absolute atomic E-state index is 0.0376. The Labute approximate surface area is 79.6 Å². The molecule has 0 bridgehead atoms. The smallest absolute Gasteiger partial charge is 0.320 e. The molecule has 0 N–H and O–H groups in total. The first-order valence-electron chi connectivity index (χ1n) is 3.68. The summed E-state index contributed by atoms with van der Waals surface area (Å²) in [5.74, 6) is 0.456. The first-order chi connectivity index (χ1) is 6.25. The highest BCUT2D eigenvalue weighted by Crippen LogP contribution is 2.16. The molecule has 0 radical (unpaired) electrons. The fourth-order valence-electron chi connectivity index (χ4n) is 0.922. The van der Waals surface area contributed by atoms with Gasteiger partial charge in [-0.25, -0.2) is 0 Å². The van der Waals surface area contributed by atoms with Gasteiger partial charge in [-0.3, -0.25) is 4.98 Å². The molecule has 2 rings (SSSR count).